The highest BCUT2D eigenvalue weighted by Gasteiger charge is 2.37. The van der Waals surface area contributed by atoms with E-state index in [-0.39, 0.29) is 30.2 Å². The molecule has 0 unspecified atom stereocenters. The molecule has 2 fully saturated rings. The fourth-order valence-corrected chi connectivity index (χ4v) is 3.79. The number of carboxylic acid groups (broad SMARTS) is 1. The van der Waals surface area contributed by atoms with Crippen molar-refractivity contribution in [2.75, 3.05) is 13.1 Å². The van der Waals surface area contributed by atoms with E-state index in [0.717, 1.165) is 19.4 Å². The summed E-state index contributed by atoms with van der Waals surface area (Å²) in [6.45, 7) is 0.913. The van der Waals surface area contributed by atoms with Crippen LogP contribution in [0.2, 0.25) is 0 Å². The molecule has 1 heterocycles. The van der Waals surface area contributed by atoms with Crippen molar-refractivity contribution in [3.63, 3.8) is 0 Å². The molecule has 0 radical (unpaired) electrons. The van der Waals surface area contributed by atoms with E-state index >= 15 is 0 Å². The Labute approximate surface area is 156 Å². The number of nitrogens with zero attached hydrogens (tertiary/aromatic N) is 2. The second-order valence-corrected chi connectivity index (χ2v) is 7.78. The van der Waals surface area contributed by atoms with Crippen LogP contribution in [0, 0.1) is 5.92 Å². The number of benzene rings is 1. The van der Waals surface area contributed by atoms with Gasteiger partial charge in [0.05, 0.1) is 17.6 Å². The van der Waals surface area contributed by atoms with E-state index in [2.05, 4.69) is 10.3 Å². The number of aryl methyl sites for hydroxylation is 1. The number of hydrogen-bond donors (Lipinski definition) is 3. The van der Waals surface area contributed by atoms with Gasteiger partial charge in [-0.25, -0.2) is 4.79 Å². The largest absolute Gasteiger partial charge is 0.480 e. The summed E-state index contributed by atoms with van der Waals surface area (Å²) in [5, 5.41) is 12.1. The third kappa shape index (κ3) is 3.75. The van der Waals surface area contributed by atoms with Crippen molar-refractivity contribution in [1.29, 1.82) is 0 Å². The number of carboxylic acids is 1. The minimum atomic E-state index is -0.798. The van der Waals surface area contributed by atoms with E-state index in [1.54, 1.807) is 25.2 Å². The number of imidazole rings is 1. The van der Waals surface area contributed by atoms with Crippen molar-refractivity contribution in [2.24, 2.45) is 13.0 Å². The highest BCUT2D eigenvalue weighted by Crippen LogP contribution is 2.33. The van der Waals surface area contributed by atoms with Crippen LogP contribution in [0.3, 0.4) is 0 Å². The van der Waals surface area contributed by atoms with Gasteiger partial charge < -0.3 is 15.4 Å². The number of aromatic amines is 1. The molecule has 2 aliphatic carbocycles. The van der Waals surface area contributed by atoms with E-state index in [0.29, 0.717) is 22.5 Å². The molecular weight excluding hydrogens is 348 g/mol. The van der Waals surface area contributed by atoms with Crippen LogP contribution in [0.15, 0.2) is 23.0 Å². The predicted octanol–water partition coefficient (Wildman–Crippen LogP) is 0.924. The van der Waals surface area contributed by atoms with Crippen LogP contribution in [0.25, 0.3) is 11.0 Å². The lowest BCUT2D eigenvalue weighted by Crippen LogP contribution is -2.55. The lowest BCUT2D eigenvalue weighted by Gasteiger charge is -2.42. The number of carbonyl (C=O) groups is 2. The zero-order valence-electron chi connectivity index (χ0n) is 15.3. The van der Waals surface area contributed by atoms with Crippen molar-refractivity contribution < 1.29 is 14.7 Å². The molecule has 2 aromatic rings. The molecule has 0 spiro atoms. The van der Waals surface area contributed by atoms with Gasteiger partial charge in [0.25, 0.3) is 5.91 Å². The molecule has 0 bridgehead atoms. The normalized spacial score (nSPS) is 22.0. The molecule has 8 nitrogen and oxygen atoms in total. The minimum Gasteiger partial charge on any atom is -0.480 e. The standard InChI is InChI=1S/C19H24N4O4/c1-22-16-6-12(4-5-15(16)21-19(22)27)18(26)20-13-7-14(8-13)23(10-17(24)25)9-11-2-3-11/h4-6,11,13-14H,2-3,7-10H2,1H3,(H,20,26)(H,21,27)(H,24,25). The van der Waals surface area contributed by atoms with E-state index in [1.807, 2.05) is 4.90 Å². The summed E-state index contributed by atoms with van der Waals surface area (Å²) < 4.78 is 1.48. The molecule has 1 aromatic heterocycles. The maximum absolute atomic E-state index is 12.5. The Balaban J connectivity index is 1.36. The maximum Gasteiger partial charge on any atom is 0.326 e. The van der Waals surface area contributed by atoms with Gasteiger partial charge >= 0.3 is 11.7 Å². The Morgan fingerprint density at radius 3 is 2.74 bits per heavy atom. The number of aromatic nitrogens is 2. The SMILES string of the molecule is Cn1c(=O)[nH]c2ccc(C(=O)NC3CC(N(CC(=O)O)CC4CC4)C3)cc21. The second kappa shape index (κ2) is 6.84. The van der Waals surface area contributed by atoms with Crippen molar-refractivity contribution in [2.45, 2.75) is 37.8 Å². The lowest BCUT2D eigenvalue weighted by atomic mass is 9.85. The first-order chi connectivity index (χ1) is 12.9. The summed E-state index contributed by atoms with van der Waals surface area (Å²) in [5.41, 5.74) is 1.70. The Kier molecular flexibility index (Phi) is 4.51. The molecule has 1 aromatic carbocycles. The molecule has 1 amide bonds. The van der Waals surface area contributed by atoms with Crippen LogP contribution >= 0.6 is 0 Å². The molecule has 8 heteroatoms. The number of amides is 1. The summed E-state index contributed by atoms with van der Waals surface area (Å²) in [7, 11) is 1.66. The van der Waals surface area contributed by atoms with Crippen LogP contribution < -0.4 is 11.0 Å². The van der Waals surface area contributed by atoms with Crippen molar-refractivity contribution >= 4 is 22.9 Å². The molecule has 2 aliphatic rings. The minimum absolute atomic E-state index is 0.0590. The average molecular weight is 372 g/mol. The smallest absolute Gasteiger partial charge is 0.326 e. The molecule has 2 saturated carbocycles. The second-order valence-electron chi connectivity index (χ2n) is 7.78. The van der Waals surface area contributed by atoms with Gasteiger partial charge in [-0.1, -0.05) is 0 Å². The Morgan fingerprint density at radius 2 is 2.07 bits per heavy atom. The third-order valence-electron chi connectivity index (χ3n) is 5.66. The van der Waals surface area contributed by atoms with Crippen molar-refractivity contribution in [3.05, 3.63) is 34.2 Å². The van der Waals surface area contributed by atoms with E-state index in [9.17, 15) is 14.4 Å². The number of nitrogens with one attached hydrogen (secondary N) is 2. The maximum atomic E-state index is 12.5. The summed E-state index contributed by atoms with van der Waals surface area (Å²) in [5.74, 6) is -0.327. The summed E-state index contributed by atoms with van der Waals surface area (Å²) >= 11 is 0. The van der Waals surface area contributed by atoms with Crippen molar-refractivity contribution in [3.8, 4) is 0 Å². The van der Waals surface area contributed by atoms with Gasteiger partial charge in [0.1, 0.15) is 0 Å². The summed E-state index contributed by atoms with van der Waals surface area (Å²) in [4.78, 5) is 40.1. The molecule has 144 valence electrons. The van der Waals surface area contributed by atoms with Crippen LogP contribution in [0.1, 0.15) is 36.0 Å². The Morgan fingerprint density at radius 1 is 1.33 bits per heavy atom. The van der Waals surface area contributed by atoms with Gasteiger partial charge in [-0.2, -0.15) is 0 Å². The van der Waals surface area contributed by atoms with Crippen LogP contribution in [0.5, 0.6) is 0 Å². The number of H-pyrrole nitrogens is 1. The topological polar surface area (TPSA) is 107 Å². The molecule has 3 N–H and O–H groups in total. The zero-order chi connectivity index (χ0) is 19.1. The highest BCUT2D eigenvalue weighted by atomic mass is 16.4. The summed E-state index contributed by atoms with van der Waals surface area (Å²) in [6.07, 6.45) is 3.92. The fraction of sp³-hybridized carbons (Fsp3) is 0.526. The van der Waals surface area contributed by atoms with Gasteiger partial charge in [0.2, 0.25) is 0 Å². The number of aliphatic carboxylic acids is 1. The number of fused-ring (bicyclic) bond motifs is 1. The number of carbonyl (C=O) groups excluding carboxylic acids is 1. The van der Waals surface area contributed by atoms with Gasteiger partial charge in [-0.3, -0.25) is 19.1 Å². The number of hydrogen-bond acceptors (Lipinski definition) is 4. The van der Waals surface area contributed by atoms with Gasteiger partial charge in [-0.15, -0.1) is 0 Å². The Hall–Kier alpha value is -2.61. The number of rotatable bonds is 7. The molecule has 0 saturated heterocycles. The molecule has 0 aliphatic heterocycles. The lowest BCUT2D eigenvalue weighted by molar-refractivity contribution is -0.139. The molecule has 0 atom stereocenters. The third-order valence-corrected chi connectivity index (χ3v) is 5.66. The van der Waals surface area contributed by atoms with Crippen LogP contribution in [-0.4, -0.2) is 56.6 Å². The first kappa shape index (κ1) is 17.8. The van der Waals surface area contributed by atoms with Crippen molar-refractivity contribution in [1.82, 2.24) is 19.8 Å². The van der Waals surface area contributed by atoms with Crippen LogP contribution in [0.4, 0.5) is 0 Å². The fourth-order valence-electron chi connectivity index (χ4n) is 3.79. The zero-order valence-corrected chi connectivity index (χ0v) is 15.3. The van der Waals surface area contributed by atoms with Gasteiger partial charge in [-0.05, 0) is 49.8 Å². The van der Waals surface area contributed by atoms with Gasteiger partial charge in [0.15, 0.2) is 0 Å². The van der Waals surface area contributed by atoms with E-state index in [1.165, 1.54) is 17.4 Å². The Bertz CT molecular complexity index is 937. The molecular formula is C19H24N4O4. The van der Waals surface area contributed by atoms with E-state index in [4.69, 9.17) is 5.11 Å². The van der Waals surface area contributed by atoms with Crippen LogP contribution in [-0.2, 0) is 11.8 Å². The monoisotopic (exact) mass is 372 g/mol. The highest BCUT2D eigenvalue weighted by molar-refractivity contribution is 5.97. The average Bonchev–Trinajstić information content (AvgIpc) is 3.35. The predicted molar refractivity (Wildman–Crippen MR) is 99.7 cm³/mol. The molecule has 27 heavy (non-hydrogen) atoms. The van der Waals surface area contributed by atoms with Gasteiger partial charge in [0, 0.05) is 31.2 Å². The van der Waals surface area contributed by atoms with E-state index < -0.39 is 5.97 Å². The summed E-state index contributed by atoms with van der Waals surface area (Å²) in [6, 6.07) is 5.43. The first-order valence-corrected chi connectivity index (χ1v) is 9.36. The molecule has 4 rings (SSSR count). The quantitative estimate of drug-likeness (QED) is 0.670. The first-order valence-electron chi connectivity index (χ1n) is 9.36.